The van der Waals surface area contributed by atoms with Crippen LogP contribution in [0.5, 0.6) is 0 Å². The molecule has 0 unspecified atom stereocenters. The van der Waals surface area contributed by atoms with Crippen molar-refractivity contribution in [3.05, 3.63) is 12.2 Å². The van der Waals surface area contributed by atoms with Gasteiger partial charge in [0.25, 0.3) is 0 Å². The molecule has 5 heteroatoms. The van der Waals surface area contributed by atoms with Crippen LogP contribution in [0.1, 0.15) is 45.4 Å². The second kappa shape index (κ2) is 11.2. The Labute approximate surface area is 127 Å². The average Bonchev–Trinajstić information content (AvgIpc) is 2.86. The smallest absolute Gasteiger partial charge is 0.114 e. The molecule has 0 aliphatic carbocycles. The third-order valence-electron chi connectivity index (χ3n) is 3.71. The van der Waals surface area contributed by atoms with Crippen molar-refractivity contribution in [1.29, 1.82) is 0 Å². The molecular weight excluding hydrogens is 272 g/mol. The minimum Gasteiger partial charge on any atom is -0.394 e. The zero-order valence-electron chi connectivity index (χ0n) is 13.0. The highest BCUT2D eigenvalue weighted by Crippen LogP contribution is 2.21. The van der Waals surface area contributed by atoms with E-state index in [1.807, 2.05) is 0 Å². The van der Waals surface area contributed by atoms with Gasteiger partial charge in [-0.2, -0.15) is 0 Å². The van der Waals surface area contributed by atoms with Crippen LogP contribution in [0.15, 0.2) is 12.2 Å². The van der Waals surface area contributed by atoms with Gasteiger partial charge < -0.3 is 24.8 Å². The van der Waals surface area contributed by atoms with Crippen molar-refractivity contribution in [1.82, 2.24) is 0 Å². The molecule has 0 radical (unpaired) electrons. The van der Waals surface area contributed by atoms with Gasteiger partial charge >= 0.3 is 0 Å². The molecule has 5 nitrogen and oxygen atoms in total. The summed E-state index contributed by atoms with van der Waals surface area (Å²) in [7, 11) is 0. The molecule has 0 amide bonds. The summed E-state index contributed by atoms with van der Waals surface area (Å²) in [6.45, 7) is 2.44. The van der Waals surface area contributed by atoms with Crippen LogP contribution in [-0.2, 0) is 9.47 Å². The van der Waals surface area contributed by atoms with Crippen molar-refractivity contribution >= 4 is 0 Å². The number of hydrogen-bond acceptors (Lipinski definition) is 5. The first-order chi connectivity index (χ1) is 10.2. The zero-order valence-corrected chi connectivity index (χ0v) is 13.0. The highest BCUT2D eigenvalue weighted by Gasteiger charge is 2.40. The predicted molar refractivity (Wildman–Crippen MR) is 81.1 cm³/mol. The lowest BCUT2D eigenvalue weighted by Gasteiger charge is -2.23. The maximum atomic E-state index is 9.78. The predicted octanol–water partition coefficient (Wildman–Crippen LogP) is 1.40. The maximum absolute atomic E-state index is 9.78. The Kier molecular flexibility index (Phi) is 9.87. The molecule has 0 aromatic rings. The number of rotatable bonds is 11. The minimum atomic E-state index is -1.00. The fraction of sp³-hybridized carbons (Fsp3) is 0.875. The first-order valence-electron chi connectivity index (χ1n) is 8.05. The highest BCUT2D eigenvalue weighted by molar-refractivity contribution is 4.89. The molecule has 0 aromatic carbocycles. The van der Waals surface area contributed by atoms with Crippen LogP contribution in [0, 0.1) is 0 Å². The fourth-order valence-corrected chi connectivity index (χ4v) is 2.48. The van der Waals surface area contributed by atoms with E-state index < -0.39 is 24.4 Å². The SMILES string of the molecule is CC/C=C/CCCCCCO[C@@H]1[C@H]([C@H](O)CO)OC[C@@H]1O. The number of aliphatic hydroxyl groups excluding tert-OH is 3. The Hall–Kier alpha value is -0.460. The van der Waals surface area contributed by atoms with E-state index in [-0.39, 0.29) is 13.2 Å². The van der Waals surface area contributed by atoms with E-state index in [0.29, 0.717) is 6.61 Å². The lowest BCUT2D eigenvalue weighted by molar-refractivity contribution is -0.0938. The summed E-state index contributed by atoms with van der Waals surface area (Å²) in [6.07, 6.45) is 8.13. The Morgan fingerprint density at radius 2 is 2.00 bits per heavy atom. The molecule has 124 valence electrons. The van der Waals surface area contributed by atoms with E-state index in [0.717, 1.165) is 25.7 Å². The fourth-order valence-electron chi connectivity index (χ4n) is 2.48. The van der Waals surface area contributed by atoms with Gasteiger partial charge in [-0.3, -0.25) is 0 Å². The van der Waals surface area contributed by atoms with Crippen molar-refractivity contribution in [2.75, 3.05) is 19.8 Å². The number of hydrogen-bond donors (Lipinski definition) is 3. The molecule has 3 N–H and O–H groups in total. The lowest BCUT2D eigenvalue weighted by Crippen LogP contribution is -2.42. The van der Waals surface area contributed by atoms with Crippen LogP contribution in [0.3, 0.4) is 0 Å². The molecule has 1 saturated heterocycles. The van der Waals surface area contributed by atoms with Crippen molar-refractivity contribution in [2.45, 2.75) is 69.9 Å². The van der Waals surface area contributed by atoms with E-state index >= 15 is 0 Å². The molecule has 4 atom stereocenters. The van der Waals surface area contributed by atoms with Crippen LogP contribution >= 0.6 is 0 Å². The standard InChI is InChI=1S/C16H30O5/c1-2-3-4-5-6-7-8-9-10-20-16-14(19)12-21-15(16)13(18)11-17/h3-4,13-19H,2,5-12H2,1H3/b4-3+/t13-,14+,15+,16+/m1/s1. The maximum Gasteiger partial charge on any atom is 0.114 e. The van der Waals surface area contributed by atoms with Crippen molar-refractivity contribution in [3.63, 3.8) is 0 Å². The summed E-state index contributed by atoms with van der Waals surface area (Å²) in [5.74, 6) is 0. The third-order valence-corrected chi connectivity index (χ3v) is 3.71. The van der Waals surface area contributed by atoms with Gasteiger partial charge in [-0.05, 0) is 25.7 Å². The molecule has 0 bridgehead atoms. The summed E-state index contributed by atoms with van der Waals surface area (Å²) in [6, 6.07) is 0. The van der Waals surface area contributed by atoms with Gasteiger partial charge in [0.1, 0.15) is 24.4 Å². The third kappa shape index (κ3) is 6.89. The van der Waals surface area contributed by atoms with Crippen LogP contribution in [0.25, 0.3) is 0 Å². The Morgan fingerprint density at radius 1 is 1.24 bits per heavy atom. The Bertz CT molecular complexity index is 282. The quantitative estimate of drug-likeness (QED) is 0.397. The van der Waals surface area contributed by atoms with Gasteiger partial charge in [0.15, 0.2) is 0 Å². The van der Waals surface area contributed by atoms with Gasteiger partial charge in [-0.15, -0.1) is 0 Å². The van der Waals surface area contributed by atoms with Gasteiger partial charge in [0.05, 0.1) is 13.2 Å². The van der Waals surface area contributed by atoms with Crippen molar-refractivity contribution in [3.8, 4) is 0 Å². The summed E-state index contributed by atoms with van der Waals surface area (Å²) in [5.41, 5.74) is 0. The van der Waals surface area contributed by atoms with Crippen molar-refractivity contribution in [2.24, 2.45) is 0 Å². The van der Waals surface area contributed by atoms with E-state index in [2.05, 4.69) is 19.1 Å². The summed E-state index contributed by atoms with van der Waals surface area (Å²) in [4.78, 5) is 0. The van der Waals surface area contributed by atoms with Gasteiger partial charge in [0.2, 0.25) is 0 Å². The second-order valence-corrected chi connectivity index (χ2v) is 5.53. The minimum absolute atomic E-state index is 0.149. The summed E-state index contributed by atoms with van der Waals surface area (Å²) < 4.78 is 10.9. The molecule has 21 heavy (non-hydrogen) atoms. The molecule has 1 fully saturated rings. The van der Waals surface area contributed by atoms with Crippen LogP contribution in [-0.4, -0.2) is 59.6 Å². The van der Waals surface area contributed by atoms with Gasteiger partial charge in [-0.25, -0.2) is 0 Å². The monoisotopic (exact) mass is 302 g/mol. The summed E-state index contributed by atoms with van der Waals surface area (Å²) >= 11 is 0. The normalized spacial score (nSPS) is 27.5. The molecule has 0 saturated carbocycles. The van der Waals surface area contributed by atoms with E-state index in [1.165, 1.54) is 12.8 Å². The van der Waals surface area contributed by atoms with Gasteiger partial charge in [-0.1, -0.05) is 31.9 Å². The molecule has 1 heterocycles. The number of ether oxygens (including phenoxy) is 2. The zero-order chi connectivity index (χ0) is 15.5. The van der Waals surface area contributed by atoms with Gasteiger partial charge in [0, 0.05) is 6.61 Å². The number of allylic oxidation sites excluding steroid dienone is 2. The number of unbranched alkanes of at least 4 members (excludes halogenated alkanes) is 4. The molecule has 1 aliphatic heterocycles. The first kappa shape index (κ1) is 18.6. The van der Waals surface area contributed by atoms with Crippen LogP contribution < -0.4 is 0 Å². The highest BCUT2D eigenvalue weighted by atomic mass is 16.6. The lowest BCUT2D eigenvalue weighted by atomic mass is 10.1. The van der Waals surface area contributed by atoms with E-state index in [9.17, 15) is 10.2 Å². The first-order valence-corrected chi connectivity index (χ1v) is 8.05. The number of aliphatic hydroxyl groups is 3. The Morgan fingerprint density at radius 3 is 2.71 bits per heavy atom. The van der Waals surface area contributed by atoms with Crippen LogP contribution in [0.4, 0.5) is 0 Å². The topological polar surface area (TPSA) is 79.2 Å². The molecule has 1 rings (SSSR count). The molecular formula is C16H30O5. The average molecular weight is 302 g/mol. The van der Waals surface area contributed by atoms with Crippen molar-refractivity contribution < 1.29 is 24.8 Å². The Balaban J connectivity index is 2.09. The largest absolute Gasteiger partial charge is 0.394 e. The molecule has 0 aromatic heterocycles. The molecule has 0 spiro atoms. The second-order valence-electron chi connectivity index (χ2n) is 5.53. The van der Waals surface area contributed by atoms with Crippen LogP contribution in [0.2, 0.25) is 0 Å². The van der Waals surface area contributed by atoms with E-state index in [1.54, 1.807) is 0 Å². The summed E-state index contributed by atoms with van der Waals surface area (Å²) in [5, 5.41) is 28.4. The molecule has 1 aliphatic rings. The van der Waals surface area contributed by atoms with E-state index in [4.69, 9.17) is 14.6 Å².